The topological polar surface area (TPSA) is 115 Å². The van der Waals surface area contributed by atoms with Crippen LogP contribution in [0, 0.1) is 5.82 Å². The van der Waals surface area contributed by atoms with Gasteiger partial charge in [-0.25, -0.2) is 4.39 Å². The molecule has 0 aromatic heterocycles. The van der Waals surface area contributed by atoms with Gasteiger partial charge < -0.3 is 34.5 Å². The van der Waals surface area contributed by atoms with Crippen molar-refractivity contribution in [2.75, 3.05) is 25.8 Å². The Morgan fingerprint density at radius 3 is 2.64 bits per heavy atom. The van der Waals surface area contributed by atoms with E-state index in [9.17, 15) is 18.8 Å². The van der Waals surface area contributed by atoms with Crippen LogP contribution in [-0.2, 0) is 16.1 Å². The van der Waals surface area contributed by atoms with Gasteiger partial charge in [0.2, 0.25) is 12.7 Å². The normalized spacial score (nSPS) is 20.9. The van der Waals surface area contributed by atoms with Gasteiger partial charge in [-0.3, -0.25) is 14.4 Å². The van der Waals surface area contributed by atoms with Gasteiger partial charge in [-0.05, 0) is 60.9 Å². The lowest BCUT2D eigenvalue weighted by Crippen LogP contribution is -2.53. The van der Waals surface area contributed by atoms with Crippen molar-refractivity contribution < 1.29 is 37.7 Å². The molecule has 0 bridgehead atoms. The second-order valence-corrected chi connectivity index (χ2v) is 10.5. The van der Waals surface area contributed by atoms with Crippen LogP contribution >= 0.6 is 0 Å². The van der Waals surface area contributed by atoms with Gasteiger partial charge in [-0.2, -0.15) is 0 Å². The van der Waals surface area contributed by atoms with E-state index >= 15 is 0 Å². The van der Waals surface area contributed by atoms with Crippen LogP contribution < -0.4 is 24.8 Å². The fraction of sp³-hybridized carbons (Fsp3) is 0.323. The van der Waals surface area contributed by atoms with Crippen molar-refractivity contribution in [1.82, 2.24) is 10.2 Å². The van der Waals surface area contributed by atoms with Crippen LogP contribution in [0.1, 0.15) is 45.5 Å². The summed E-state index contributed by atoms with van der Waals surface area (Å²) in [5, 5.41) is 5.58. The fourth-order valence-electron chi connectivity index (χ4n) is 5.48. The molecule has 0 saturated carbocycles. The fourth-order valence-corrected chi connectivity index (χ4v) is 5.48. The Morgan fingerprint density at radius 2 is 1.79 bits per heavy atom. The molecule has 2 N–H and O–H groups in total. The third-order valence-electron chi connectivity index (χ3n) is 7.73. The maximum absolute atomic E-state index is 14.0. The first-order valence-electron chi connectivity index (χ1n) is 13.8. The summed E-state index contributed by atoms with van der Waals surface area (Å²) in [4.78, 5) is 40.4. The Morgan fingerprint density at radius 1 is 0.976 bits per heavy atom. The minimum absolute atomic E-state index is 0.0951. The molecule has 3 heterocycles. The molecule has 3 amide bonds. The third kappa shape index (κ3) is 5.73. The first-order chi connectivity index (χ1) is 20.4. The van der Waals surface area contributed by atoms with Crippen LogP contribution in [0.3, 0.4) is 0 Å². The Bertz CT molecular complexity index is 1530. The number of ether oxygens (including phenoxy) is 4. The highest BCUT2D eigenvalue weighted by molar-refractivity contribution is 6.05. The molecule has 10 nitrogen and oxygen atoms in total. The quantitative estimate of drug-likeness (QED) is 0.458. The summed E-state index contributed by atoms with van der Waals surface area (Å²) in [6.45, 7) is 0.734. The van der Waals surface area contributed by atoms with Gasteiger partial charge in [0.1, 0.15) is 24.3 Å². The van der Waals surface area contributed by atoms with Crippen LogP contribution in [-0.4, -0.2) is 61.3 Å². The summed E-state index contributed by atoms with van der Waals surface area (Å²) in [6, 6.07) is 15.7. The minimum atomic E-state index is -0.635. The molecule has 3 aromatic carbocycles. The number of fused-ring (bicyclic) bond motifs is 3. The smallest absolute Gasteiger partial charge is 0.258 e. The Kier molecular flexibility index (Phi) is 7.66. The number of amides is 3. The van der Waals surface area contributed by atoms with Crippen molar-refractivity contribution in [3.8, 4) is 17.2 Å². The summed E-state index contributed by atoms with van der Waals surface area (Å²) in [5.74, 6) is 0.0249. The molecule has 11 heteroatoms. The van der Waals surface area contributed by atoms with E-state index < -0.39 is 17.8 Å². The minimum Gasteiger partial charge on any atom is -0.490 e. The molecule has 42 heavy (non-hydrogen) atoms. The van der Waals surface area contributed by atoms with Gasteiger partial charge in [0, 0.05) is 19.3 Å². The zero-order valence-electron chi connectivity index (χ0n) is 22.9. The zero-order chi connectivity index (χ0) is 29.2. The van der Waals surface area contributed by atoms with E-state index in [-0.39, 0.29) is 54.9 Å². The predicted octanol–water partition coefficient (Wildman–Crippen LogP) is 3.89. The SMILES string of the molecule is CN1C(=O)c2cc(NC(=O)c3ccccc3F)ccc2OC[C@H]2O[C@H](CC(=O)NCc3ccc4c(c3)OCO4)CC[C@H]21. The number of benzene rings is 3. The molecule has 1 saturated heterocycles. The summed E-state index contributed by atoms with van der Waals surface area (Å²) < 4.78 is 37.0. The van der Waals surface area contributed by atoms with E-state index in [2.05, 4.69) is 10.6 Å². The monoisotopic (exact) mass is 575 g/mol. The number of likely N-dealkylation sites (N-methyl/N-ethyl adjacent to an activating group) is 1. The number of rotatable bonds is 6. The van der Waals surface area contributed by atoms with Crippen LogP contribution in [0.15, 0.2) is 60.7 Å². The van der Waals surface area contributed by atoms with Crippen LogP contribution in [0.4, 0.5) is 10.1 Å². The van der Waals surface area contributed by atoms with Crippen molar-refractivity contribution in [3.05, 3.63) is 83.2 Å². The van der Waals surface area contributed by atoms with E-state index in [1.54, 1.807) is 30.1 Å². The van der Waals surface area contributed by atoms with Gasteiger partial charge in [-0.15, -0.1) is 0 Å². The number of carbonyl (C=O) groups excluding carboxylic acids is 3. The molecule has 218 valence electrons. The molecule has 0 aliphatic carbocycles. The lowest BCUT2D eigenvalue weighted by Gasteiger charge is -2.42. The van der Waals surface area contributed by atoms with Crippen molar-refractivity contribution in [3.63, 3.8) is 0 Å². The number of nitrogens with one attached hydrogen (secondary N) is 2. The summed E-state index contributed by atoms with van der Waals surface area (Å²) >= 11 is 0. The summed E-state index contributed by atoms with van der Waals surface area (Å²) in [7, 11) is 1.71. The predicted molar refractivity (Wildman–Crippen MR) is 149 cm³/mol. The van der Waals surface area contributed by atoms with Crippen LogP contribution in [0.25, 0.3) is 0 Å². The highest BCUT2D eigenvalue weighted by Gasteiger charge is 2.39. The number of halogens is 1. The zero-order valence-corrected chi connectivity index (χ0v) is 22.9. The number of hydrogen-bond acceptors (Lipinski definition) is 7. The maximum Gasteiger partial charge on any atom is 0.258 e. The standard InChI is InChI=1S/C31H30FN3O7/c1-35-24-9-8-20(14-29(36)33-15-18-6-10-26-27(12-18)41-17-40-26)42-28(24)16-39-25-11-7-19(13-22(25)31(35)38)34-30(37)21-4-2-3-5-23(21)32/h2-7,10-13,20,24,28H,8-9,14-17H2,1H3,(H,33,36)(H,34,37)/t20-,24+,28+/m0/s1. The number of hydrogen-bond donors (Lipinski definition) is 2. The molecular formula is C31H30FN3O7. The number of nitrogens with zero attached hydrogens (tertiary/aromatic N) is 1. The van der Waals surface area contributed by atoms with Crippen molar-refractivity contribution in [2.45, 2.75) is 44.1 Å². The molecule has 3 aliphatic rings. The number of anilines is 1. The first-order valence-corrected chi connectivity index (χ1v) is 13.8. The van der Waals surface area contributed by atoms with E-state index in [0.717, 1.165) is 5.56 Å². The average molecular weight is 576 g/mol. The molecule has 1 fully saturated rings. The largest absolute Gasteiger partial charge is 0.490 e. The highest BCUT2D eigenvalue weighted by atomic mass is 19.1. The molecule has 3 atom stereocenters. The summed E-state index contributed by atoms with van der Waals surface area (Å²) in [5.41, 5.74) is 1.44. The van der Waals surface area contributed by atoms with E-state index in [1.807, 2.05) is 18.2 Å². The van der Waals surface area contributed by atoms with E-state index in [1.165, 1.54) is 24.3 Å². The molecule has 3 aromatic rings. The Labute approximate surface area is 241 Å². The van der Waals surface area contributed by atoms with Crippen molar-refractivity contribution in [1.29, 1.82) is 0 Å². The lowest BCUT2D eigenvalue weighted by atomic mass is 9.94. The molecule has 3 aliphatic heterocycles. The van der Waals surface area contributed by atoms with Crippen LogP contribution in [0.5, 0.6) is 17.2 Å². The molecular weight excluding hydrogens is 545 g/mol. The van der Waals surface area contributed by atoms with Gasteiger partial charge in [-0.1, -0.05) is 18.2 Å². The molecule has 6 rings (SSSR count). The average Bonchev–Trinajstić information content (AvgIpc) is 3.46. The molecule has 0 spiro atoms. The van der Waals surface area contributed by atoms with Gasteiger partial charge in [0.15, 0.2) is 11.5 Å². The van der Waals surface area contributed by atoms with Gasteiger partial charge >= 0.3 is 0 Å². The second kappa shape index (κ2) is 11.7. The van der Waals surface area contributed by atoms with Crippen molar-refractivity contribution >= 4 is 23.4 Å². The lowest BCUT2D eigenvalue weighted by molar-refractivity contribution is -0.134. The first kappa shape index (κ1) is 27.5. The van der Waals surface area contributed by atoms with Gasteiger partial charge in [0.05, 0.1) is 29.7 Å². The van der Waals surface area contributed by atoms with Crippen molar-refractivity contribution in [2.24, 2.45) is 0 Å². The Balaban J connectivity index is 1.07. The van der Waals surface area contributed by atoms with E-state index in [4.69, 9.17) is 18.9 Å². The molecule has 0 radical (unpaired) electrons. The maximum atomic E-state index is 14.0. The number of carbonyl (C=O) groups is 3. The molecule has 0 unspecified atom stereocenters. The van der Waals surface area contributed by atoms with Gasteiger partial charge in [0.25, 0.3) is 11.8 Å². The van der Waals surface area contributed by atoms with E-state index in [0.29, 0.717) is 42.3 Å². The Hall–Kier alpha value is -4.64. The highest BCUT2D eigenvalue weighted by Crippen LogP contribution is 2.34. The third-order valence-corrected chi connectivity index (χ3v) is 7.73. The second-order valence-electron chi connectivity index (χ2n) is 10.5. The summed E-state index contributed by atoms with van der Waals surface area (Å²) in [6.07, 6.45) is 0.683. The van der Waals surface area contributed by atoms with Crippen LogP contribution in [0.2, 0.25) is 0 Å².